The zero-order valence-electron chi connectivity index (χ0n) is 13.4. The molecule has 0 bridgehead atoms. The Morgan fingerprint density at radius 2 is 1.88 bits per heavy atom. The third kappa shape index (κ3) is 3.80. The highest BCUT2D eigenvalue weighted by Gasteiger charge is 2.19. The number of methoxy groups -OCH3 is 2. The van der Waals surface area contributed by atoms with Crippen LogP contribution in [0.5, 0.6) is 11.5 Å². The average molecular weight is 420 g/mol. The van der Waals surface area contributed by atoms with E-state index >= 15 is 0 Å². The van der Waals surface area contributed by atoms with Crippen LogP contribution in [0.3, 0.4) is 0 Å². The first-order valence-electron chi connectivity index (χ1n) is 7.24. The van der Waals surface area contributed by atoms with Crippen LogP contribution in [0.1, 0.15) is 9.67 Å². The number of carbonyl (C=O) groups is 1. The molecule has 0 saturated heterocycles. The Labute approximate surface area is 157 Å². The molecule has 1 aromatic heterocycles. The third-order valence-electron chi connectivity index (χ3n) is 3.47. The number of benzene rings is 2. The van der Waals surface area contributed by atoms with Crippen molar-refractivity contribution in [3.05, 3.63) is 51.8 Å². The predicted octanol–water partition coefficient (Wildman–Crippen LogP) is 4.24. The van der Waals surface area contributed by atoms with Crippen molar-refractivity contribution in [2.75, 3.05) is 19.5 Å². The van der Waals surface area contributed by atoms with Gasteiger partial charge < -0.3 is 14.8 Å². The lowest BCUT2D eigenvalue weighted by molar-refractivity contribution is 0.103. The standard InChI is InChI=1S/C17H14BrN3O3S/c1-23-12-7-8-14(24-2)13(9-12)19-17(22)16-15(20-21-25-16)10-3-5-11(18)6-4-10/h3-9H,1-2H3,(H,19,22). The lowest BCUT2D eigenvalue weighted by Gasteiger charge is -2.11. The molecule has 2 aromatic carbocycles. The fourth-order valence-electron chi connectivity index (χ4n) is 2.23. The molecule has 25 heavy (non-hydrogen) atoms. The summed E-state index contributed by atoms with van der Waals surface area (Å²) in [5, 5.41) is 6.93. The average Bonchev–Trinajstić information content (AvgIpc) is 3.12. The number of hydrogen-bond donors (Lipinski definition) is 1. The Balaban J connectivity index is 1.90. The summed E-state index contributed by atoms with van der Waals surface area (Å²) >= 11 is 4.43. The fourth-order valence-corrected chi connectivity index (χ4v) is 3.07. The number of rotatable bonds is 5. The monoisotopic (exact) mass is 419 g/mol. The molecule has 0 spiro atoms. The summed E-state index contributed by atoms with van der Waals surface area (Å²) in [5.41, 5.74) is 1.87. The minimum atomic E-state index is -0.306. The molecule has 0 aliphatic carbocycles. The van der Waals surface area contributed by atoms with E-state index in [1.165, 1.54) is 0 Å². The maximum Gasteiger partial charge on any atom is 0.269 e. The van der Waals surface area contributed by atoms with Crippen molar-refractivity contribution in [2.24, 2.45) is 0 Å². The van der Waals surface area contributed by atoms with Gasteiger partial charge in [0.25, 0.3) is 5.91 Å². The quantitative estimate of drug-likeness (QED) is 0.669. The van der Waals surface area contributed by atoms with Gasteiger partial charge in [-0.2, -0.15) is 0 Å². The lowest BCUT2D eigenvalue weighted by Crippen LogP contribution is -2.12. The normalized spacial score (nSPS) is 10.4. The summed E-state index contributed by atoms with van der Waals surface area (Å²) < 4.78 is 15.4. The van der Waals surface area contributed by atoms with Crippen molar-refractivity contribution in [2.45, 2.75) is 0 Å². The number of nitrogens with zero attached hydrogens (tertiary/aromatic N) is 2. The van der Waals surface area contributed by atoms with Gasteiger partial charge in [0, 0.05) is 16.1 Å². The van der Waals surface area contributed by atoms with Gasteiger partial charge >= 0.3 is 0 Å². The molecule has 1 heterocycles. The topological polar surface area (TPSA) is 73.3 Å². The maximum absolute atomic E-state index is 12.7. The minimum absolute atomic E-state index is 0.306. The molecule has 8 heteroatoms. The van der Waals surface area contributed by atoms with Crippen LogP contribution in [0.25, 0.3) is 11.3 Å². The maximum atomic E-state index is 12.7. The van der Waals surface area contributed by atoms with Gasteiger partial charge in [-0.15, -0.1) is 5.10 Å². The van der Waals surface area contributed by atoms with Crippen LogP contribution >= 0.6 is 27.5 Å². The third-order valence-corrected chi connectivity index (χ3v) is 4.72. The highest BCUT2D eigenvalue weighted by molar-refractivity contribution is 9.10. The molecular formula is C17H14BrN3O3S. The van der Waals surface area contributed by atoms with Crippen molar-refractivity contribution >= 4 is 39.1 Å². The molecule has 0 fully saturated rings. The number of ether oxygens (including phenoxy) is 2. The number of aromatic nitrogens is 2. The summed E-state index contributed by atoms with van der Waals surface area (Å²) in [5.74, 6) is 0.850. The molecule has 3 rings (SSSR count). The number of nitrogens with one attached hydrogen (secondary N) is 1. The Morgan fingerprint density at radius 3 is 2.56 bits per heavy atom. The minimum Gasteiger partial charge on any atom is -0.497 e. The molecule has 1 N–H and O–H groups in total. The number of anilines is 1. The summed E-state index contributed by atoms with van der Waals surface area (Å²) in [4.78, 5) is 13.1. The summed E-state index contributed by atoms with van der Waals surface area (Å²) in [6.45, 7) is 0. The van der Waals surface area contributed by atoms with Crippen molar-refractivity contribution in [1.82, 2.24) is 9.59 Å². The summed E-state index contributed by atoms with van der Waals surface area (Å²) in [6.07, 6.45) is 0. The molecule has 0 aliphatic rings. The van der Waals surface area contributed by atoms with Gasteiger partial charge in [-0.3, -0.25) is 4.79 Å². The summed E-state index contributed by atoms with van der Waals surface area (Å²) in [7, 11) is 3.10. The lowest BCUT2D eigenvalue weighted by atomic mass is 10.1. The van der Waals surface area contributed by atoms with Gasteiger partial charge in [0.15, 0.2) is 0 Å². The van der Waals surface area contributed by atoms with E-state index in [9.17, 15) is 4.79 Å². The van der Waals surface area contributed by atoms with E-state index in [1.807, 2.05) is 24.3 Å². The van der Waals surface area contributed by atoms with Crippen LogP contribution in [0.4, 0.5) is 5.69 Å². The predicted molar refractivity (Wildman–Crippen MR) is 101 cm³/mol. The molecule has 1 amide bonds. The molecule has 6 nitrogen and oxygen atoms in total. The van der Waals surface area contributed by atoms with E-state index in [2.05, 4.69) is 30.8 Å². The first-order chi connectivity index (χ1) is 12.1. The first kappa shape index (κ1) is 17.4. The number of hydrogen-bond acceptors (Lipinski definition) is 6. The highest BCUT2D eigenvalue weighted by atomic mass is 79.9. The molecule has 0 aliphatic heterocycles. The molecular weight excluding hydrogens is 406 g/mol. The first-order valence-corrected chi connectivity index (χ1v) is 8.80. The number of halogens is 1. The largest absolute Gasteiger partial charge is 0.497 e. The Kier molecular flexibility index (Phi) is 5.30. The molecule has 0 saturated carbocycles. The fraction of sp³-hybridized carbons (Fsp3) is 0.118. The highest BCUT2D eigenvalue weighted by Crippen LogP contribution is 2.31. The second-order valence-corrected chi connectivity index (χ2v) is 6.65. The molecule has 3 aromatic rings. The van der Waals surface area contributed by atoms with Gasteiger partial charge in [0.1, 0.15) is 22.1 Å². The smallest absolute Gasteiger partial charge is 0.269 e. The van der Waals surface area contributed by atoms with Crippen molar-refractivity contribution < 1.29 is 14.3 Å². The van der Waals surface area contributed by atoms with Crippen molar-refractivity contribution in [3.63, 3.8) is 0 Å². The van der Waals surface area contributed by atoms with Gasteiger partial charge in [0.05, 0.1) is 19.9 Å². The zero-order valence-corrected chi connectivity index (χ0v) is 15.8. The molecule has 0 unspecified atom stereocenters. The Hall–Kier alpha value is -2.45. The Bertz CT molecular complexity index is 896. The van der Waals surface area contributed by atoms with E-state index in [0.29, 0.717) is 27.8 Å². The molecule has 0 radical (unpaired) electrons. The Morgan fingerprint density at radius 1 is 1.12 bits per heavy atom. The van der Waals surface area contributed by atoms with Crippen LogP contribution in [-0.4, -0.2) is 29.7 Å². The van der Waals surface area contributed by atoms with Crippen molar-refractivity contribution in [3.8, 4) is 22.8 Å². The second-order valence-electron chi connectivity index (χ2n) is 4.98. The molecule has 128 valence electrons. The SMILES string of the molecule is COc1ccc(OC)c(NC(=O)c2snnc2-c2ccc(Br)cc2)c1. The van der Waals surface area contributed by atoms with Gasteiger partial charge in [-0.1, -0.05) is 32.6 Å². The molecule has 0 atom stereocenters. The van der Waals surface area contributed by atoms with E-state index in [4.69, 9.17) is 9.47 Å². The van der Waals surface area contributed by atoms with Crippen LogP contribution in [0.2, 0.25) is 0 Å². The van der Waals surface area contributed by atoms with Crippen LogP contribution in [0, 0.1) is 0 Å². The zero-order chi connectivity index (χ0) is 17.8. The van der Waals surface area contributed by atoms with E-state index < -0.39 is 0 Å². The number of carbonyl (C=O) groups excluding carboxylic acids is 1. The van der Waals surface area contributed by atoms with Crippen LogP contribution in [0.15, 0.2) is 46.9 Å². The van der Waals surface area contributed by atoms with Gasteiger partial charge in [-0.05, 0) is 35.8 Å². The number of amides is 1. The van der Waals surface area contributed by atoms with Crippen molar-refractivity contribution in [1.29, 1.82) is 0 Å². The van der Waals surface area contributed by atoms with E-state index in [0.717, 1.165) is 21.6 Å². The van der Waals surface area contributed by atoms with Gasteiger partial charge in [-0.25, -0.2) is 0 Å². The van der Waals surface area contributed by atoms with Crippen LogP contribution < -0.4 is 14.8 Å². The van der Waals surface area contributed by atoms with E-state index in [-0.39, 0.29) is 5.91 Å². The van der Waals surface area contributed by atoms with Gasteiger partial charge in [0.2, 0.25) is 0 Å². The van der Waals surface area contributed by atoms with E-state index in [1.54, 1.807) is 32.4 Å². The summed E-state index contributed by atoms with van der Waals surface area (Å²) in [6, 6.07) is 12.7. The second kappa shape index (κ2) is 7.62. The van der Waals surface area contributed by atoms with Crippen LogP contribution in [-0.2, 0) is 0 Å².